The Labute approximate surface area is 169 Å². The van der Waals surface area contributed by atoms with Crippen molar-refractivity contribution in [2.24, 2.45) is 0 Å². The molecule has 1 heterocycles. The van der Waals surface area contributed by atoms with Crippen LogP contribution in [0.1, 0.15) is 22.3 Å². The molecule has 1 amide bonds. The summed E-state index contributed by atoms with van der Waals surface area (Å²) in [7, 11) is 3.68. The molecule has 0 saturated carbocycles. The Balaban J connectivity index is 1.74. The number of nitrogens with zero attached hydrogens (tertiary/aromatic N) is 3. The number of hydrogen-bond acceptors (Lipinski definition) is 6. The molecule has 152 valence electrons. The molecule has 1 aliphatic rings. The van der Waals surface area contributed by atoms with Gasteiger partial charge in [0.2, 0.25) is 5.91 Å². The molecule has 3 rings (SSSR count). The van der Waals surface area contributed by atoms with Crippen LogP contribution >= 0.6 is 0 Å². The summed E-state index contributed by atoms with van der Waals surface area (Å²) in [5.41, 5.74) is 0.951. The third-order valence-electron chi connectivity index (χ3n) is 4.84. The van der Waals surface area contributed by atoms with Crippen LogP contribution in [0.15, 0.2) is 48.5 Å². The summed E-state index contributed by atoms with van der Waals surface area (Å²) < 4.78 is 0. The van der Waals surface area contributed by atoms with E-state index >= 15 is 0 Å². The number of nitro groups is 1. The Morgan fingerprint density at radius 1 is 1.17 bits per heavy atom. The van der Waals surface area contributed by atoms with Crippen LogP contribution in [0.3, 0.4) is 0 Å². The van der Waals surface area contributed by atoms with Gasteiger partial charge in [0.25, 0.3) is 5.69 Å². The van der Waals surface area contributed by atoms with E-state index in [1.165, 1.54) is 6.07 Å². The molecule has 1 N–H and O–H groups in total. The number of nitrogens with one attached hydrogen (secondary N) is 1. The number of ketones is 1. The fraction of sp³-hybridized carbons (Fsp3) is 0.333. The molecule has 1 fully saturated rings. The van der Waals surface area contributed by atoms with E-state index in [2.05, 4.69) is 5.32 Å². The van der Waals surface area contributed by atoms with E-state index in [0.29, 0.717) is 37.3 Å². The Morgan fingerprint density at radius 2 is 1.90 bits per heavy atom. The highest BCUT2D eigenvalue weighted by Crippen LogP contribution is 2.28. The van der Waals surface area contributed by atoms with Crippen molar-refractivity contribution in [3.63, 3.8) is 0 Å². The minimum atomic E-state index is -0.492. The van der Waals surface area contributed by atoms with Gasteiger partial charge in [0.1, 0.15) is 5.69 Å². The third-order valence-corrected chi connectivity index (χ3v) is 4.84. The summed E-state index contributed by atoms with van der Waals surface area (Å²) in [6.45, 7) is 1.44. The smallest absolute Gasteiger partial charge is 0.293 e. The summed E-state index contributed by atoms with van der Waals surface area (Å²) in [5, 5.41) is 14.8. The molecule has 0 spiro atoms. The predicted octanol–water partition coefficient (Wildman–Crippen LogP) is 2.40. The van der Waals surface area contributed by atoms with Crippen LogP contribution in [0, 0.1) is 10.1 Å². The van der Waals surface area contributed by atoms with Crippen LogP contribution in [-0.4, -0.2) is 66.2 Å². The first kappa shape index (κ1) is 20.5. The summed E-state index contributed by atoms with van der Waals surface area (Å²) in [6.07, 6.45) is 0.709. The van der Waals surface area contributed by atoms with Crippen LogP contribution in [0.2, 0.25) is 0 Å². The van der Waals surface area contributed by atoms with Gasteiger partial charge in [0, 0.05) is 36.3 Å². The Hall–Kier alpha value is -3.26. The van der Waals surface area contributed by atoms with Gasteiger partial charge >= 0.3 is 0 Å². The van der Waals surface area contributed by atoms with Gasteiger partial charge in [-0.15, -0.1) is 0 Å². The van der Waals surface area contributed by atoms with Crippen LogP contribution in [0.5, 0.6) is 0 Å². The first-order valence-electron chi connectivity index (χ1n) is 9.42. The maximum absolute atomic E-state index is 12.6. The molecule has 1 aliphatic heterocycles. The number of carbonyl (C=O) groups is 2. The minimum absolute atomic E-state index is 0.0394. The maximum Gasteiger partial charge on any atom is 0.293 e. The second-order valence-corrected chi connectivity index (χ2v) is 7.39. The molecule has 0 aromatic heterocycles. The van der Waals surface area contributed by atoms with Crippen molar-refractivity contribution in [1.82, 2.24) is 9.80 Å². The maximum atomic E-state index is 12.6. The second-order valence-electron chi connectivity index (χ2n) is 7.39. The highest BCUT2D eigenvalue weighted by molar-refractivity contribution is 6.09. The Kier molecular flexibility index (Phi) is 6.23. The number of anilines is 1. The summed E-state index contributed by atoms with van der Waals surface area (Å²) in [6, 6.07) is 13.1. The molecule has 29 heavy (non-hydrogen) atoms. The highest BCUT2D eigenvalue weighted by atomic mass is 16.6. The van der Waals surface area contributed by atoms with Gasteiger partial charge in [0.05, 0.1) is 11.5 Å². The van der Waals surface area contributed by atoms with E-state index in [-0.39, 0.29) is 29.0 Å². The first-order valence-corrected chi connectivity index (χ1v) is 9.42. The zero-order valence-electron chi connectivity index (χ0n) is 16.5. The fourth-order valence-electron chi connectivity index (χ4n) is 3.40. The zero-order chi connectivity index (χ0) is 21.0. The van der Waals surface area contributed by atoms with Crippen LogP contribution in [0.25, 0.3) is 0 Å². The number of rotatable bonds is 7. The van der Waals surface area contributed by atoms with Crippen LogP contribution in [-0.2, 0) is 4.79 Å². The molecular formula is C21H24N4O4. The van der Waals surface area contributed by atoms with Gasteiger partial charge < -0.3 is 15.1 Å². The van der Waals surface area contributed by atoms with E-state index in [0.717, 1.165) is 0 Å². The van der Waals surface area contributed by atoms with Gasteiger partial charge in [-0.05, 0) is 32.6 Å². The van der Waals surface area contributed by atoms with Crippen molar-refractivity contribution in [2.45, 2.75) is 12.5 Å². The lowest BCUT2D eigenvalue weighted by Gasteiger charge is -2.19. The van der Waals surface area contributed by atoms with Gasteiger partial charge in [-0.3, -0.25) is 19.7 Å². The molecule has 8 nitrogen and oxygen atoms in total. The molecule has 0 unspecified atom stereocenters. The first-order chi connectivity index (χ1) is 13.8. The lowest BCUT2D eigenvalue weighted by atomic mass is 10.0. The summed E-state index contributed by atoms with van der Waals surface area (Å²) in [5.74, 6) is -0.223. The van der Waals surface area contributed by atoms with E-state index in [9.17, 15) is 19.7 Å². The van der Waals surface area contributed by atoms with Crippen molar-refractivity contribution >= 4 is 23.1 Å². The molecule has 1 saturated heterocycles. The van der Waals surface area contributed by atoms with E-state index in [1.807, 2.05) is 19.0 Å². The number of nitro benzene ring substituents is 1. The van der Waals surface area contributed by atoms with Gasteiger partial charge in [-0.25, -0.2) is 0 Å². The number of amides is 1. The largest absolute Gasteiger partial charge is 0.375 e. The fourth-order valence-corrected chi connectivity index (χ4v) is 3.40. The van der Waals surface area contributed by atoms with Crippen molar-refractivity contribution in [3.8, 4) is 0 Å². The third kappa shape index (κ3) is 4.97. The lowest BCUT2D eigenvalue weighted by molar-refractivity contribution is -0.384. The van der Waals surface area contributed by atoms with Crippen LogP contribution < -0.4 is 5.32 Å². The van der Waals surface area contributed by atoms with Gasteiger partial charge in [-0.2, -0.15) is 0 Å². The van der Waals surface area contributed by atoms with Gasteiger partial charge in [-0.1, -0.05) is 30.3 Å². The number of carbonyl (C=O) groups excluding carboxylic acids is 2. The van der Waals surface area contributed by atoms with E-state index < -0.39 is 4.92 Å². The number of likely N-dealkylation sites (tertiary alicyclic amines) is 1. The second kappa shape index (κ2) is 8.83. The average molecular weight is 396 g/mol. The highest BCUT2D eigenvalue weighted by Gasteiger charge is 2.28. The van der Waals surface area contributed by atoms with Crippen LogP contribution in [0.4, 0.5) is 11.4 Å². The Morgan fingerprint density at radius 3 is 2.55 bits per heavy atom. The lowest BCUT2D eigenvalue weighted by Crippen LogP contribution is -2.37. The van der Waals surface area contributed by atoms with E-state index in [4.69, 9.17) is 0 Å². The predicted molar refractivity (Wildman–Crippen MR) is 110 cm³/mol. The Bertz CT molecular complexity index is 914. The molecule has 2 aromatic rings. The molecule has 2 aromatic carbocycles. The molecule has 1 atom stereocenters. The molecule has 8 heteroatoms. The van der Waals surface area contributed by atoms with Crippen molar-refractivity contribution in [3.05, 3.63) is 69.8 Å². The van der Waals surface area contributed by atoms with Gasteiger partial charge in [0.15, 0.2) is 5.78 Å². The number of likely N-dealkylation sites (N-methyl/N-ethyl adjacent to an activating group) is 1. The van der Waals surface area contributed by atoms with Crippen molar-refractivity contribution in [1.29, 1.82) is 0 Å². The quantitative estimate of drug-likeness (QED) is 0.439. The zero-order valence-corrected chi connectivity index (χ0v) is 16.5. The number of benzene rings is 2. The topological polar surface area (TPSA) is 95.8 Å². The molecule has 0 radical (unpaired) electrons. The molecular weight excluding hydrogens is 372 g/mol. The SMILES string of the molecule is CN(C)CC(=O)N1CC[C@@H](Nc2ccc(C(=O)c3ccccc3)cc2[N+](=O)[O-])C1. The monoisotopic (exact) mass is 396 g/mol. The average Bonchev–Trinajstić information content (AvgIpc) is 3.16. The molecule has 0 aliphatic carbocycles. The van der Waals surface area contributed by atoms with E-state index in [1.54, 1.807) is 47.4 Å². The van der Waals surface area contributed by atoms with Crippen molar-refractivity contribution < 1.29 is 14.5 Å². The molecule has 0 bridgehead atoms. The standard InChI is InChI=1S/C21H24N4O4/c1-23(2)14-20(26)24-11-10-17(13-24)22-18-9-8-16(12-19(18)25(28)29)21(27)15-6-4-3-5-7-15/h3-9,12,17,22H,10-11,13-14H2,1-2H3/t17-/m1/s1. The normalized spacial score (nSPS) is 16.1. The minimum Gasteiger partial charge on any atom is -0.375 e. The number of hydrogen-bond donors (Lipinski definition) is 1. The van der Waals surface area contributed by atoms with Crippen molar-refractivity contribution in [2.75, 3.05) is 39.0 Å². The summed E-state index contributed by atoms with van der Waals surface area (Å²) >= 11 is 0. The summed E-state index contributed by atoms with van der Waals surface area (Å²) in [4.78, 5) is 39.5.